The summed E-state index contributed by atoms with van der Waals surface area (Å²) in [6.45, 7) is 3.90. The molecule has 0 aliphatic carbocycles. The molecule has 0 unspecified atom stereocenters. The summed E-state index contributed by atoms with van der Waals surface area (Å²) in [5.74, 6) is 0. The minimum absolute atomic E-state index is 0. The molecule has 22 heavy (non-hydrogen) atoms. The molecule has 2 heterocycles. The average Bonchev–Trinajstić information content (AvgIpc) is 2.33. The molecule has 0 saturated carbocycles. The smallest absolute Gasteiger partial charge is 0.376 e. The van der Waals surface area contributed by atoms with Crippen LogP contribution in [0.4, 0.5) is 18.9 Å². The zero-order chi connectivity index (χ0) is 15.4. The molecule has 0 saturated heterocycles. The lowest BCUT2D eigenvalue weighted by Crippen LogP contribution is -2.30. The first-order chi connectivity index (χ1) is 9.66. The molecule has 1 aromatic carbocycles. The van der Waals surface area contributed by atoms with Gasteiger partial charge in [0.25, 0.3) is 0 Å². The van der Waals surface area contributed by atoms with E-state index in [-0.39, 0.29) is 23.9 Å². The Balaban J connectivity index is 0.00000176. The minimum Gasteiger partial charge on any atom is -0.376 e. The van der Waals surface area contributed by atoms with E-state index in [1.165, 1.54) is 6.07 Å². The first kappa shape index (κ1) is 16.1. The molecule has 0 bridgehead atoms. The van der Waals surface area contributed by atoms with Crippen molar-refractivity contribution in [2.45, 2.75) is 33.0 Å². The molecule has 0 radical (unpaired) electrons. The molecule has 1 aromatic heterocycles. The van der Waals surface area contributed by atoms with Crippen LogP contribution >= 0.6 is 0 Å². The summed E-state index contributed by atoms with van der Waals surface area (Å²) in [5, 5.41) is 3.21. The Kier molecular flexibility index (Phi) is 3.59. The number of aromatic amines is 1. The highest BCUT2D eigenvalue weighted by Gasteiger charge is 2.33. The topological polar surface area (TPSA) is 44.9 Å². The van der Waals surface area contributed by atoms with E-state index in [4.69, 9.17) is 0 Å². The van der Waals surface area contributed by atoms with Crippen molar-refractivity contribution in [1.29, 1.82) is 0 Å². The minimum atomic E-state index is -4.56. The Bertz CT molecular complexity index is 816. The number of H-pyrrole nitrogens is 1. The van der Waals surface area contributed by atoms with Gasteiger partial charge in [-0.3, -0.25) is 4.79 Å². The van der Waals surface area contributed by atoms with Crippen molar-refractivity contribution in [2.75, 3.05) is 5.32 Å². The molecule has 6 heteroatoms. The number of alkyl halides is 3. The zero-order valence-electron chi connectivity index (χ0n) is 11.4. The predicted octanol–water partition coefficient (Wildman–Crippen LogP) is 4.40. The van der Waals surface area contributed by atoms with E-state index in [9.17, 15) is 18.0 Å². The third-order valence-corrected chi connectivity index (χ3v) is 3.45. The van der Waals surface area contributed by atoms with Crippen molar-refractivity contribution in [3.63, 3.8) is 0 Å². The summed E-state index contributed by atoms with van der Waals surface area (Å²) in [7, 11) is 0. The monoisotopic (exact) mass is 310 g/mol. The molecule has 0 amide bonds. The van der Waals surface area contributed by atoms with Crippen LogP contribution in [0.25, 0.3) is 17.0 Å². The second-order valence-corrected chi connectivity index (χ2v) is 5.71. The van der Waals surface area contributed by atoms with Gasteiger partial charge in [0.2, 0.25) is 5.56 Å². The van der Waals surface area contributed by atoms with Crippen LogP contribution in [0.15, 0.2) is 29.1 Å². The number of hydrogen-bond donors (Lipinski definition) is 2. The Morgan fingerprint density at radius 2 is 1.82 bits per heavy atom. The number of benzene rings is 1. The number of hydrogen-bond acceptors (Lipinski definition) is 2. The first-order valence-corrected chi connectivity index (χ1v) is 6.41. The molecule has 118 valence electrons. The fraction of sp³-hybridized carbons (Fsp3) is 0.312. The van der Waals surface area contributed by atoms with E-state index in [1.54, 1.807) is 12.1 Å². The molecule has 3 rings (SSSR count). The highest BCUT2D eigenvalue weighted by molar-refractivity contribution is 5.91. The molecule has 2 N–H and O–H groups in total. The SMILES string of the molecule is C.CC1(C)C=Cc2cc3c(C(F)(F)F)cc(=O)[nH]c3cc2N1. The number of nitrogens with one attached hydrogen (secondary N) is 2. The lowest BCUT2D eigenvalue weighted by Gasteiger charge is -2.29. The van der Waals surface area contributed by atoms with Gasteiger partial charge in [0.05, 0.1) is 16.6 Å². The van der Waals surface area contributed by atoms with E-state index in [2.05, 4.69) is 10.3 Å². The molecular formula is C16H17F3N2O. The predicted molar refractivity (Wildman–Crippen MR) is 83.0 cm³/mol. The van der Waals surface area contributed by atoms with E-state index in [0.29, 0.717) is 17.3 Å². The third kappa shape index (κ3) is 2.73. The molecule has 0 atom stereocenters. The maximum atomic E-state index is 13.1. The van der Waals surface area contributed by atoms with Gasteiger partial charge in [-0.05, 0) is 31.5 Å². The van der Waals surface area contributed by atoms with Crippen LogP contribution in [0.3, 0.4) is 0 Å². The summed E-state index contributed by atoms with van der Waals surface area (Å²) < 4.78 is 39.2. The Labute approximate surface area is 125 Å². The number of anilines is 1. The molecule has 0 fully saturated rings. The first-order valence-electron chi connectivity index (χ1n) is 6.41. The number of pyridine rings is 1. The Morgan fingerprint density at radius 3 is 2.45 bits per heavy atom. The van der Waals surface area contributed by atoms with Crippen molar-refractivity contribution >= 4 is 22.7 Å². The lowest BCUT2D eigenvalue weighted by molar-refractivity contribution is -0.136. The van der Waals surface area contributed by atoms with E-state index >= 15 is 0 Å². The number of rotatable bonds is 0. The van der Waals surface area contributed by atoms with Crippen molar-refractivity contribution in [3.8, 4) is 0 Å². The van der Waals surface area contributed by atoms with Gasteiger partial charge < -0.3 is 10.3 Å². The summed E-state index contributed by atoms with van der Waals surface area (Å²) >= 11 is 0. The molecule has 1 aliphatic heterocycles. The van der Waals surface area contributed by atoms with Gasteiger partial charge in [0.15, 0.2) is 0 Å². The van der Waals surface area contributed by atoms with Crippen molar-refractivity contribution < 1.29 is 13.2 Å². The van der Waals surface area contributed by atoms with Gasteiger partial charge >= 0.3 is 6.18 Å². The van der Waals surface area contributed by atoms with E-state index in [0.717, 1.165) is 0 Å². The molecule has 1 aliphatic rings. The normalized spacial score (nSPS) is 15.9. The van der Waals surface area contributed by atoms with Gasteiger partial charge in [0.1, 0.15) is 0 Å². The summed E-state index contributed by atoms with van der Waals surface area (Å²) in [6, 6.07) is 3.59. The molecule has 0 spiro atoms. The highest BCUT2D eigenvalue weighted by atomic mass is 19.4. The van der Waals surface area contributed by atoms with E-state index in [1.807, 2.05) is 19.9 Å². The Morgan fingerprint density at radius 1 is 1.14 bits per heavy atom. The second-order valence-electron chi connectivity index (χ2n) is 5.71. The van der Waals surface area contributed by atoms with Crippen LogP contribution in [0.1, 0.15) is 32.4 Å². The van der Waals surface area contributed by atoms with E-state index < -0.39 is 17.3 Å². The average molecular weight is 310 g/mol. The van der Waals surface area contributed by atoms with Gasteiger partial charge in [-0.15, -0.1) is 0 Å². The molecule has 3 nitrogen and oxygen atoms in total. The number of halogens is 3. The zero-order valence-corrected chi connectivity index (χ0v) is 11.4. The summed E-state index contributed by atoms with van der Waals surface area (Å²) in [4.78, 5) is 13.9. The Hall–Kier alpha value is -2.24. The maximum Gasteiger partial charge on any atom is 0.417 e. The van der Waals surface area contributed by atoms with Gasteiger partial charge in [-0.1, -0.05) is 19.6 Å². The lowest BCUT2D eigenvalue weighted by atomic mass is 9.95. The third-order valence-electron chi connectivity index (χ3n) is 3.45. The largest absolute Gasteiger partial charge is 0.417 e. The van der Waals surface area contributed by atoms with Crippen LogP contribution < -0.4 is 10.9 Å². The van der Waals surface area contributed by atoms with Crippen LogP contribution in [-0.4, -0.2) is 10.5 Å². The molecule has 2 aromatic rings. The summed E-state index contributed by atoms with van der Waals surface area (Å²) in [6.07, 6.45) is -0.886. The van der Waals surface area contributed by atoms with Crippen LogP contribution in [0.2, 0.25) is 0 Å². The van der Waals surface area contributed by atoms with Crippen LogP contribution in [0.5, 0.6) is 0 Å². The van der Waals surface area contributed by atoms with Gasteiger partial charge in [-0.2, -0.15) is 13.2 Å². The fourth-order valence-electron chi connectivity index (χ4n) is 2.49. The van der Waals surface area contributed by atoms with Crippen LogP contribution in [-0.2, 0) is 6.18 Å². The highest BCUT2D eigenvalue weighted by Crippen LogP contribution is 2.37. The van der Waals surface area contributed by atoms with Crippen molar-refractivity contribution in [3.05, 3.63) is 45.8 Å². The summed E-state index contributed by atoms with van der Waals surface area (Å²) in [5.41, 5.74) is -0.429. The fourth-order valence-corrected chi connectivity index (χ4v) is 2.49. The number of aromatic nitrogens is 1. The standard InChI is InChI=1S/C15H13F3N2O.CH4/c1-14(2)4-3-8-5-9-10(15(16,17)18)6-13(21)19-12(9)7-11(8)20-14;/h3-7,20H,1-2H3,(H,19,21);1H4. The van der Waals surface area contributed by atoms with Crippen molar-refractivity contribution in [1.82, 2.24) is 4.98 Å². The molecular weight excluding hydrogens is 293 g/mol. The van der Waals surface area contributed by atoms with Crippen LogP contribution in [0, 0.1) is 0 Å². The second kappa shape index (κ2) is 4.90. The van der Waals surface area contributed by atoms with Gasteiger partial charge in [-0.25, -0.2) is 0 Å². The van der Waals surface area contributed by atoms with Gasteiger partial charge in [0, 0.05) is 17.1 Å². The maximum absolute atomic E-state index is 13.1. The number of fused-ring (bicyclic) bond motifs is 2. The quantitative estimate of drug-likeness (QED) is 0.757. The van der Waals surface area contributed by atoms with Crippen molar-refractivity contribution in [2.24, 2.45) is 0 Å².